The maximum atomic E-state index is 10.7. The molecule has 0 spiro atoms. The zero-order chi connectivity index (χ0) is 20.6. The first-order valence-electron chi connectivity index (χ1n) is 10.0. The van der Waals surface area contributed by atoms with E-state index in [1.165, 1.54) is 0 Å². The Kier molecular flexibility index (Phi) is 5.38. The zero-order valence-electron chi connectivity index (χ0n) is 17.2. The Bertz CT molecular complexity index is 884. The molecule has 0 saturated carbocycles. The lowest BCUT2D eigenvalue weighted by Gasteiger charge is -2.47. The molecule has 5 heteroatoms. The van der Waals surface area contributed by atoms with E-state index in [0.717, 1.165) is 34.6 Å². The highest BCUT2D eigenvalue weighted by Crippen LogP contribution is 2.46. The van der Waals surface area contributed by atoms with E-state index < -0.39 is 18.5 Å². The summed E-state index contributed by atoms with van der Waals surface area (Å²) < 4.78 is 17.5. The topological polar surface area (TPSA) is 60.0 Å². The Morgan fingerprint density at radius 1 is 1.24 bits per heavy atom. The number of ether oxygens (including phenoxy) is 3. The quantitative estimate of drug-likeness (QED) is 0.761. The smallest absolute Gasteiger partial charge is 0.184 e. The molecule has 0 unspecified atom stereocenters. The summed E-state index contributed by atoms with van der Waals surface area (Å²) in [4.78, 5) is 0. The standard InChI is InChI=1S/C24H29NO4/c1-15(2)24(3)13-20(25-19-11-10-17(27-4)12-18(19)24)22-21(26)14-28-23(29-22)16-8-6-5-7-9-16/h5-12,20-23,25-26H,1,13-14H2,2-4H3/t20-,21-,22+,23-,24+/m1/s1. The molecular formula is C24H29NO4. The molecule has 0 amide bonds. The molecule has 4 rings (SSSR count). The van der Waals surface area contributed by atoms with Crippen LogP contribution in [0.3, 0.4) is 0 Å². The lowest BCUT2D eigenvalue weighted by molar-refractivity contribution is -0.260. The summed E-state index contributed by atoms with van der Waals surface area (Å²) in [6.07, 6.45) is -0.838. The first-order chi connectivity index (χ1) is 13.9. The van der Waals surface area contributed by atoms with Crippen LogP contribution in [0.2, 0.25) is 0 Å². The minimum atomic E-state index is -0.707. The Morgan fingerprint density at radius 2 is 2.00 bits per heavy atom. The van der Waals surface area contributed by atoms with Gasteiger partial charge in [-0.1, -0.05) is 49.4 Å². The fourth-order valence-electron chi connectivity index (χ4n) is 4.34. The maximum Gasteiger partial charge on any atom is 0.184 e. The predicted molar refractivity (Wildman–Crippen MR) is 113 cm³/mol. The molecule has 2 aliphatic heterocycles. The van der Waals surface area contributed by atoms with Crippen LogP contribution in [0.15, 0.2) is 60.7 Å². The third kappa shape index (κ3) is 3.66. The number of aliphatic hydroxyl groups excluding tert-OH is 1. The summed E-state index contributed by atoms with van der Waals surface area (Å²) in [6.45, 7) is 8.76. The third-order valence-corrected chi connectivity index (χ3v) is 6.28. The molecule has 5 nitrogen and oxygen atoms in total. The molecule has 1 saturated heterocycles. The Morgan fingerprint density at radius 3 is 2.69 bits per heavy atom. The van der Waals surface area contributed by atoms with Crippen molar-refractivity contribution in [2.24, 2.45) is 0 Å². The molecule has 2 heterocycles. The van der Waals surface area contributed by atoms with Crippen LogP contribution >= 0.6 is 0 Å². The summed E-state index contributed by atoms with van der Waals surface area (Å²) in [6, 6.07) is 15.8. The number of methoxy groups -OCH3 is 1. The molecule has 0 aromatic heterocycles. The minimum absolute atomic E-state index is 0.0808. The van der Waals surface area contributed by atoms with E-state index in [1.54, 1.807) is 7.11 Å². The molecule has 0 aliphatic carbocycles. The summed E-state index contributed by atoms with van der Waals surface area (Å²) in [5, 5.41) is 14.3. The van der Waals surface area contributed by atoms with E-state index in [9.17, 15) is 5.11 Å². The molecule has 2 aromatic rings. The van der Waals surface area contributed by atoms with Gasteiger partial charge < -0.3 is 24.6 Å². The number of benzene rings is 2. The van der Waals surface area contributed by atoms with Gasteiger partial charge in [-0.05, 0) is 37.1 Å². The second-order valence-electron chi connectivity index (χ2n) is 8.22. The second-order valence-corrected chi connectivity index (χ2v) is 8.22. The molecular weight excluding hydrogens is 366 g/mol. The van der Waals surface area contributed by atoms with Crippen molar-refractivity contribution in [3.63, 3.8) is 0 Å². The molecule has 154 valence electrons. The summed E-state index contributed by atoms with van der Waals surface area (Å²) in [5.74, 6) is 0.822. The van der Waals surface area contributed by atoms with Crippen LogP contribution in [0.25, 0.3) is 0 Å². The number of anilines is 1. The number of nitrogens with one attached hydrogen (secondary N) is 1. The van der Waals surface area contributed by atoms with E-state index >= 15 is 0 Å². The highest BCUT2D eigenvalue weighted by molar-refractivity contribution is 5.62. The first-order valence-corrected chi connectivity index (χ1v) is 10.0. The monoisotopic (exact) mass is 395 g/mol. The molecule has 5 atom stereocenters. The number of fused-ring (bicyclic) bond motifs is 1. The van der Waals surface area contributed by atoms with Crippen molar-refractivity contribution in [1.82, 2.24) is 0 Å². The number of hydrogen-bond donors (Lipinski definition) is 2. The number of allylic oxidation sites excluding steroid dienone is 1. The number of hydrogen-bond acceptors (Lipinski definition) is 5. The second kappa shape index (κ2) is 7.82. The van der Waals surface area contributed by atoms with Crippen LogP contribution in [-0.4, -0.2) is 37.1 Å². The van der Waals surface area contributed by atoms with Crippen molar-refractivity contribution in [3.8, 4) is 5.75 Å². The fourth-order valence-corrected chi connectivity index (χ4v) is 4.34. The maximum absolute atomic E-state index is 10.7. The number of aliphatic hydroxyl groups is 1. The normalized spacial score (nSPS) is 31.4. The van der Waals surface area contributed by atoms with E-state index in [0.29, 0.717) is 0 Å². The SMILES string of the molecule is C=C(C)[C@]1(C)C[C@H]([C@@H]2O[C@H](c3ccccc3)OC[C@H]2O)Nc2ccc(OC)cc21. The Hall–Kier alpha value is -2.34. The highest BCUT2D eigenvalue weighted by Gasteiger charge is 2.45. The van der Waals surface area contributed by atoms with E-state index in [1.807, 2.05) is 42.5 Å². The summed E-state index contributed by atoms with van der Waals surface area (Å²) in [5.41, 5.74) is 3.93. The predicted octanol–water partition coefficient (Wildman–Crippen LogP) is 4.19. The van der Waals surface area contributed by atoms with Gasteiger partial charge in [0.25, 0.3) is 0 Å². The lowest BCUT2D eigenvalue weighted by Crippen LogP contribution is -2.54. The van der Waals surface area contributed by atoms with Crippen LogP contribution in [0.4, 0.5) is 5.69 Å². The number of rotatable bonds is 4. The van der Waals surface area contributed by atoms with Crippen LogP contribution in [0.1, 0.15) is 37.7 Å². The van der Waals surface area contributed by atoms with Crippen molar-refractivity contribution in [3.05, 3.63) is 71.8 Å². The molecule has 0 bridgehead atoms. The minimum Gasteiger partial charge on any atom is -0.497 e. The third-order valence-electron chi connectivity index (χ3n) is 6.28. The van der Waals surface area contributed by atoms with Crippen molar-refractivity contribution in [1.29, 1.82) is 0 Å². The lowest BCUT2D eigenvalue weighted by atomic mass is 9.68. The first kappa shape index (κ1) is 20.0. The van der Waals surface area contributed by atoms with E-state index in [-0.39, 0.29) is 18.1 Å². The average molecular weight is 395 g/mol. The molecule has 2 aliphatic rings. The molecule has 0 radical (unpaired) electrons. The van der Waals surface area contributed by atoms with Gasteiger partial charge in [0.2, 0.25) is 0 Å². The highest BCUT2D eigenvalue weighted by atomic mass is 16.7. The molecule has 1 fully saturated rings. The van der Waals surface area contributed by atoms with Crippen LogP contribution in [0, 0.1) is 0 Å². The van der Waals surface area contributed by atoms with Crippen LogP contribution in [0.5, 0.6) is 5.75 Å². The summed E-state index contributed by atoms with van der Waals surface area (Å²) >= 11 is 0. The van der Waals surface area contributed by atoms with Crippen molar-refractivity contribution < 1.29 is 19.3 Å². The molecule has 29 heavy (non-hydrogen) atoms. The average Bonchev–Trinajstić information content (AvgIpc) is 2.74. The van der Waals surface area contributed by atoms with E-state index in [4.69, 9.17) is 14.2 Å². The van der Waals surface area contributed by atoms with Gasteiger partial charge >= 0.3 is 0 Å². The largest absolute Gasteiger partial charge is 0.497 e. The molecule has 2 aromatic carbocycles. The van der Waals surface area contributed by atoms with Crippen LogP contribution in [-0.2, 0) is 14.9 Å². The van der Waals surface area contributed by atoms with Gasteiger partial charge in [0.1, 0.15) is 18.0 Å². The van der Waals surface area contributed by atoms with Crippen LogP contribution < -0.4 is 10.1 Å². The van der Waals surface area contributed by atoms with Crippen molar-refractivity contribution in [2.45, 2.75) is 50.2 Å². The Labute approximate surface area is 172 Å². The Balaban J connectivity index is 1.65. The van der Waals surface area contributed by atoms with Gasteiger partial charge in [-0.15, -0.1) is 0 Å². The van der Waals surface area contributed by atoms with E-state index in [2.05, 4.69) is 31.8 Å². The zero-order valence-corrected chi connectivity index (χ0v) is 17.2. The van der Waals surface area contributed by atoms with Gasteiger partial charge in [0.15, 0.2) is 6.29 Å². The van der Waals surface area contributed by atoms with Gasteiger partial charge in [0, 0.05) is 16.7 Å². The fraction of sp³-hybridized carbons (Fsp3) is 0.417. The van der Waals surface area contributed by atoms with Gasteiger partial charge in [0.05, 0.1) is 19.8 Å². The van der Waals surface area contributed by atoms with Gasteiger partial charge in [-0.2, -0.15) is 0 Å². The van der Waals surface area contributed by atoms with Gasteiger partial charge in [-0.25, -0.2) is 0 Å². The summed E-state index contributed by atoms with van der Waals surface area (Å²) in [7, 11) is 1.68. The van der Waals surface area contributed by atoms with Gasteiger partial charge in [-0.3, -0.25) is 0 Å². The van der Waals surface area contributed by atoms with Crippen molar-refractivity contribution in [2.75, 3.05) is 19.0 Å². The molecule has 2 N–H and O–H groups in total. The van der Waals surface area contributed by atoms with Crippen molar-refractivity contribution >= 4 is 5.69 Å².